The van der Waals surface area contributed by atoms with Crippen LogP contribution in [0.5, 0.6) is 0 Å². The van der Waals surface area contributed by atoms with E-state index in [-0.39, 0.29) is 0 Å². The Kier molecular flexibility index (Phi) is 4.74. The lowest BCUT2D eigenvalue weighted by Crippen LogP contribution is -1.80. The third-order valence-corrected chi connectivity index (χ3v) is 3.13. The van der Waals surface area contributed by atoms with E-state index < -0.39 is 0 Å². The molecule has 0 nitrogen and oxygen atoms in total. The van der Waals surface area contributed by atoms with Gasteiger partial charge in [0.05, 0.1) is 0 Å². The molecule has 0 heteroatoms. The maximum absolute atomic E-state index is 2.19. The molecule has 0 heterocycles. The topological polar surface area (TPSA) is 0 Å². The van der Waals surface area contributed by atoms with Crippen LogP contribution in [0.4, 0.5) is 0 Å². The third kappa shape index (κ3) is 4.26. The first-order valence-electron chi connectivity index (χ1n) is 6.70. The Balaban J connectivity index is 0.000000163. The van der Waals surface area contributed by atoms with Gasteiger partial charge < -0.3 is 0 Å². The fraction of sp³-hybridized carbons (Fsp3) is 0.158. The van der Waals surface area contributed by atoms with Gasteiger partial charge in [0.25, 0.3) is 0 Å². The summed E-state index contributed by atoms with van der Waals surface area (Å²) in [7, 11) is 0. The first-order valence-corrected chi connectivity index (χ1v) is 6.70. The second-order valence-electron chi connectivity index (χ2n) is 4.84. The van der Waals surface area contributed by atoms with E-state index in [1.165, 1.54) is 22.3 Å². The van der Waals surface area contributed by atoms with E-state index in [0.29, 0.717) is 0 Å². The van der Waals surface area contributed by atoms with Crippen LogP contribution in [0.25, 0.3) is 5.57 Å². The molecule has 2 aromatic carbocycles. The molecule has 0 bridgehead atoms. The highest BCUT2D eigenvalue weighted by molar-refractivity contribution is 5.70. The molecule has 0 spiro atoms. The zero-order valence-electron chi connectivity index (χ0n) is 11.6. The van der Waals surface area contributed by atoms with E-state index in [9.17, 15) is 0 Å². The Morgan fingerprint density at radius 2 is 1.37 bits per heavy atom. The number of benzene rings is 2. The lowest BCUT2D eigenvalue weighted by molar-refractivity contribution is 1.40. The van der Waals surface area contributed by atoms with Gasteiger partial charge in [-0.2, -0.15) is 0 Å². The highest BCUT2D eigenvalue weighted by atomic mass is 14.1. The summed E-state index contributed by atoms with van der Waals surface area (Å²) >= 11 is 0. The maximum atomic E-state index is 2.19. The van der Waals surface area contributed by atoms with Crippen LogP contribution >= 0.6 is 0 Å². The lowest BCUT2D eigenvalue weighted by Gasteiger charge is -2.01. The molecule has 19 heavy (non-hydrogen) atoms. The molecule has 2 aromatic rings. The molecule has 1 aliphatic carbocycles. The lowest BCUT2D eigenvalue weighted by atomic mass is 10.0. The van der Waals surface area contributed by atoms with Crippen LogP contribution in [0, 0.1) is 13.8 Å². The van der Waals surface area contributed by atoms with Gasteiger partial charge in [-0.05, 0) is 31.4 Å². The summed E-state index contributed by atoms with van der Waals surface area (Å²) in [6.07, 6.45) is 7.58. The maximum Gasteiger partial charge on any atom is -0.00884 e. The minimum Gasteiger partial charge on any atom is -0.0801 e. The van der Waals surface area contributed by atoms with Gasteiger partial charge in [-0.3, -0.25) is 0 Å². The van der Waals surface area contributed by atoms with Gasteiger partial charge in [0.1, 0.15) is 0 Å². The first kappa shape index (κ1) is 13.4. The van der Waals surface area contributed by atoms with Gasteiger partial charge in [-0.25, -0.2) is 0 Å². The SMILES string of the molecule is Cc1ccc(C2=CC=CC2)cc1.Cc1ccccc1. The Hall–Kier alpha value is -2.08. The Labute approximate surface area is 116 Å². The summed E-state index contributed by atoms with van der Waals surface area (Å²) in [5.74, 6) is 0. The number of hydrogen-bond donors (Lipinski definition) is 0. The average molecular weight is 248 g/mol. The van der Waals surface area contributed by atoms with Crippen molar-refractivity contribution in [3.05, 3.63) is 89.5 Å². The predicted octanol–water partition coefficient (Wildman–Crippen LogP) is 5.33. The van der Waals surface area contributed by atoms with Crippen molar-refractivity contribution in [1.29, 1.82) is 0 Å². The van der Waals surface area contributed by atoms with Crippen molar-refractivity contribution in [1.82, 2.24) is 0 Å². The molecule has 0 fully saturated rings. The van der Waals surface area contributed by atoms with Crippen molar-refractivity contribution < 1.29 is 0 Å². The van der Waals surface area contributed by atoms with Crippen LogP contribution < -0.4 is 0 Å². The molecule has 0 unspecified atom stereocenters. The van der Waals surface area contributed by atoms with Gasteiger partial charge in [0.2, 0.25) is 0 Å². The first-order chi connectivity index (χ1) is 9.25. The van der Waals surface area contributed by atoms with E-state index >= 15 is 0 Å². The standard InChI is InChI=1S/C12H12.C7H8/c1-10-6-8-12(9-7-10)11-4-2-3-5-11;1-7-5-3-2-4-6-7/h2-4,6-9H,5H2,1H3;2-6H,1H3. The van der Waals surface area contributed by atoms with E-state index in [1.807, 2.05) is 18.2 Å². The quantitative estimate of drug-likeness (QED) is 0.639. The molecular weight excluding hydrogens is 228 g/mol. The summed E-state index contributed by atoms with van der Waals surface area (Å²) < 4.78 is 0. The minimum absolute atomic E-state index is 1.09. The molecule has 0 N–H and O–H groups in total. The van der Waals surface area contributed by atoms with Crippen LogP contribution in [-0.4, -0.2) is 0 Å². The number of allylic oxidation sites excluding steroid dienone is 4. The fourth-order valence-corrected chi connectivity index (χ4v) is 1.96. The molecule has 96 valence electrons. The van der Waals surface area contributed by atoms with Crippen molar-refractivity contribution in [3.63, 3.8) is 0 Å². The number of hydrogen-bond acceptors (Lipinski definition) is 0. The van der Waals surface area contributed by atoms with E-state index in [1.54, 1.807) is 0 Å². The highest BCUT2D eigenvalue weighted by Gasteiger charge is 2.01. The molecule has 0 aliphatic heterocycles. The van der Waals surface area contributed by atoms with Gasteiger partial charge in [-0.15, -0.1) is 0 Å². The van der Waals surface area contributed by atoms with Gasteiger partial charge >= 0.3 is 0 Å². The van der Waals surface area contributed by atoms with E-state index in [2.05, 4.69) is 68.5 Å². The molecule has 0 radical (unpaired) electrons. The van der Waals surface area contributed by atoms with Crippen LogP contribution in [-0.2, 0) is 0 Å². The number of aryl methyl sites for hydroxylation is 2. The molecule has 1 aliphatic rings. The zero-order valence-corrected chi connectivity index (χ0v) is 11.6. The monoisotopic (exact) mass is 248 g/mol. The Morgan fingerprint density at radius 3 is 1.84 bits per heavy atom. The van der Waals surface area contributed by atoms with Crippen LogP contribution in [0.1, 0.15) is 23.1 Å². The van der Waals surface area contributed by atoms with E-state index in [4.69, 9.17) is 0 Å². The average Bonchev–Trinajstić information content (AvgIpc) is 2.95. The third-order valence-electron chi connectivity index (χ3n) is 3.13. The van der Waals surface area contributed by atoms with Crippen molar-refractivity contribution in [2.45, 2.75) is 20.3 Å². The molecule has 0 atom stereocenters. The van der Waals surface area contributed by atoms with Crippen molar-refractivity contribution in [2.24, 2.45) is 0 Å². The van der Waals surface area contributed by atoms with Gasteiger partial charge in [-0.1, -0.05) is 84.0 Å². The molecule has 0 saturated heterocycles. The summed E-state index contributed by atoms with van der Waals surface area (Å²) in [5, 5.41) is 0. The van der Waals surface area contributed by atoms with Crippen LogP contribution in [0.3, 0.4) is 0 Å². The molecule has 3 rings (SSSR count). The largest absolute Gasteiger partial charge is 0.0801 e. The van der Waals surface area contributed by atoms with E-state index in [0.717, 1.165) is 6.42 Å². The molecular formula is C19H20. The molecule has 0 aromatic heterocycles. The van der Waals surface area contributed by atoms with Crippen LogP contribution in [0.2, 0.25) is 0 Å². The normalized spacial score (nSPS) is 12.6. The highest BCUT2D eigenvalue weighted by Crippen LogP contribution is 2.22. The fourth-order valence-electron chi connectivity index (χ4n) is 1.96. The predicted molar refractivity (Wildman–Crippen MR) is 84.1 cm³/mol. The Morgan fingerprint density at radius 1 is 0.737 bits per heavy atom. The summed E-state index contributed by atoms with van der Waals surface area (Å²) in [5.41, 5.74) is 5.42. The van der Waals surface area contributed by atoms with Gasteiger partial charge in [0.15, 0.2) is 0 Å². The summed E-state index contributed by atoms with van der Waals surface area (Å²) in [6, 6.07) is 19.0. The Bertz CT molecular complexity index is 557. The zero-order chi connectivity index (χ0) is 13.5. The minimum atomic E-state index is 1.09. The molecule has 0 saturated carbocycles. The number of rotatable bonds is 1. The molecule has 0 amide bonds. The second kappa shape index (κ2) is 6.75. The van der Waals surface area contributed by atoms with Gasteiger partial charge in [0, 0.05) is 0 Å². The van der Waals surface area contributed by atoms with Crippen molar-refractivity contribution in [3.8, 4) is 0 Å². The summed E-state index contributed by atoms with van der Waals surface area (Å²) in [6.45, 7) is 4.20. The van der Waals surface area contributed by atoms with Crippen molar-refractivity contribution in [2.75, 3.05) is 0 Å². The van der Waals surface area contributed by atoms with Crippen molar-refractivity contribution >= 4 is 5.57 Å². The smallest absolute Gasteiger partial charge is 0.00884 e. The summed E-state index contributed by atoms with van der Waals surface area (Å²) in [4.78, 5) is 0. The van der Waals surface area contributed by atoms with Crippen LogP contribution in [0.15, 0.2) is 72.8 Å². The second-order valence-corrected chi connectivity index (χ2v) is 4.84.